The molecule has 8 atom stereocenters. The third kappa shape index (κ3) is 15.8. The van der Waals surface area contributed by atoms with E-state index in [1.165, 1.54) is 14.0 Å². The molecule has 19 heteroatoms. The summed E-state index contributed by atoms with van der Waals surface area (Å²) in [5.74, 6) is -5.05. The van der Waals surface area contributed by atoms with E-state index in [1.807, 2.05) is 27.7 Å². The van der Waals surface area contributed by atoms with Crippen molar-refractivity contribution in [1.82, 2.24) is 42.5 Å². The third-order valence-corrected chi connectivity index (χ3v) is 8.40. The van der Waals surface area contributed by atoms with Crippen LogP contribution in [0.2, 0.25) is 0 Å². The molecule has 0 aromatic heterocycles. The first-order valence-corrected chi connectivity index (χ1v) is 18.0. The number of likely N-dealkylation sites (N-methyl/N-ethyl adjacent to an activating group) is 1. The van der Waals surface area contributed by atoms with Crippen LogP contribution in [0.1, 0.15) is 73.1 Å². The quantitative estimate of drug-likeness (QED) is 0.0901. The van der Waals surface area contributed by atoms with Gasteiger partial charge in [0.05, 0.1) is 12.1 Å². The Balaban J connectivity index is 3.66. The molecule has 8 unspecified atom stereocenters. The lowest BCUT2D eigenvalue weighted by molar-refractivity contribution is -0.136. The lowest BCUT2D eigenvalue weighted by atomic mass is 9.99. The van der Waals surface area contributed by atoms with Gasteiger partial charge >= 0.3 is 0 Å². The molecule has 0 saturated carbocycles. The molecule has 52 heavy (non-hydrogen) atoms. The molecular formula is C33H63N11O8. The average Bonchev–Trinajstić information content (AvgIpc) is 3.06. The SMILES string of the molecule is CNC1CCNC(=O)C(C(C)O)NC(=O)C(CCN)NC(=O)C(CCN)NC(=O)C(CC(C)C)NC(=O)C(CC(C)C)NC(=O)C(CCN)NC1=O. The summed E-state index contributed by atoms with van der Waals surface area (Å²) in [4.78, 5) is 94.2. The zero-order valence-corrected chi connectivity index (χ0v) is 31.4. The van der Waals surface area contributed by atoms with Gasteiger partial charge in [0.1, 0.15) is 36.3 Å². The first-order chi connectivity index (χ1) is 24.5. The Morgan fingerprint density at radius 2 is 0.923 bits per heavy atom. The second kappa shape index (κ2) is 23.6. The van der Waals surface area contributed by atoms with E-state index in [0.717, 1.165) is 0 Å². The minimum absolute atomic E-state index is 0.0188. The number of hydrogen-bond acceptors (Lipinski definition) is 12. The summed E-state index contributed by atoms with van der Waals surface area (Å²) in [5.41, 5.74) is 17.3. The summed E-state index contributed by atoms with van der Waals surface area (Å²) in [7, 11) is 1.52. The molecule has 1 fully saturated rings. The smallest absolute Gasteiger partial charge is 0.245 e. The van der Waals surface area contributed by atoms with E-state index in [4.69, 9.17) is 17.2 Å². The summed E-state index contributed by atoms with van der Waals surface area (Å²) in [6.07, 6.45) is -0.955. The number of aliphatic hydroxyl groups excluding tert-OH is 1. The van der Waals surface area contributed by atoms with Gasteiger partial charge in [0, 0.05) is 6.54 Å². The summed E-state index contributed by atoms with van der Waals surface area (Å²) in [5, 5.41) is 31.6. The van der Waals surface area contributed by atoms with E-state index in [1.54, 1.807) is 0 Å². The van der Waals surface area contributed by atoms with Gasteiger partial charge in [-0.2, -0.15) is 0 Å². The number of amides is 7. The van der Waals surface area contributed by atoms with Gasteiger partial charge in [-0.1, -0.05) is 27.7 Å². The Morgan fingerprint density at radius 3 is 1.27 bits per heavy atom. The number of hydrogen-bond donors (Lipinski definition) is 12. The molecule has 0 bridgehead atoms. The van der Waals surface area contributed by atoms with Gasteiger partial charge in [0.2, 0.25) is 41.4 Å². The number of aliphatic hydroxyl groups is 1. The van der Waals surface area contributed by atoms with Crippen molar-refractivity contribution in [2.45, 2.75) is 122 Å². The minimum Gasteiger partial charge on any atom is -0.391 e. The molecule has 0 spiro atoms. The third-order valence-electron chi connectivity index (χ3n) is 8.40. The van der Waals surface area contributed by atoms with Gasteiger partial charge in [-0.25, -0.2) is 0 Å². The molecular weight excluding hydrogens is 678 g/mol. The Bertz CT molecular complexity index is 1200. The number of carbonyl (C=O) groups is 7. The van der Waals surface area contributed by atoms with Gasteiger partial charge in [0.25, 0.3) is 0 Å². The van der Waals surface area contributed by atoms with E-state index in [9.17, 15) is 38.7 Å². The van der Waals surface area contributed by atoms with Crippen LogP contribution in [0.3, 0.4) is 0 Å². The highest BCUT2D eigenvalue weighted by molar-refractivity contribution is 5.97. The Labute approximate surface area is 306 Å². The Morgan fingerprint density at radius 1 is 0.577 bits per heavy atom. The van der Waals surface area contributed by atoms with Crippen LogP contribution in [-0.4, -0.2) is 128 Å². The lowest BCUT2D eigenvalue weighted by Gasteiger charge is -2.28. The molecule has 0 aromatic carbocycles. The maximum absolute atomic E-state index is 13.7. The normalized spacial score (nSPS) is 27.5. The molecule has 19 nitrogen and oxygen atoms in total. The molecule has 1 rings (SSSR count). The number of nitrogens with two attached hydrogens (primary N) is 3. The lowest BCUT2D eigenvalue weighted by Crippen LogP contribution is -2.61. The van der Waals surface area contributed by atoms with Gasteiger partial charge in [-0.15, -0.1) is 0 Å². The molecule has 0 aliphatic carbocycles. The van der Waals surface area contributed by atoms with E-state index in [0.29, 0.717) is 0 Å². The molecule has 15 N–H and O–H groups in total. The van der Waals surface area contributed by atoms with Crippen LogP contribution in [0.25, 0.3) is 0 Å². The molecule has 1 heterocycles. The number of nitrogens with one attached hydrogen (secondary N) is 8. The van der Waals surface area contributed by atoms with E-state index in [-0.39, 0.29) is 76.5 Å². The van der Waals surface area contributed by atoms with Crippen LogP contribution in [0, 0.1) is 11.8 Å². The summed E-state index contributed by atoms with van der Waals surface area (Å²) < 4.78 is 0. The maximum atomic E-state index is 13.7. The highest BCUT2D eigenvalue weighted by Gasteiger charge is 2.35. The van der Waals surface area contributed by atoms with E-state index >= 15 is 0 Å². The minimum atomic E-state index is -1.44. The first kappa shape index (κ1) is 46.1. The predicted octanol–water partition coefficient (Wildman–Crippen LogP) is -4.48. The predicted molar refractivity (Wildman–Crippen MR) is 194 cm³/mol. The molecule has 298 valence electrons. The van der Waals surface area contributed by atoms with Gasteiger partial charge in [0.15, 0.2) is 0 Å². The second-order valence-electron chi connectivity index (χ2n) is 13.9. The van der Waals surface area contributed by atoms with Crippen LogP contribution in [-0.2, 0) is 33.6 Å². The van der Waals surface area contributed by atoms with Crippen LogP contribution in [0.4, 0.5) is 0 Å². The Hall–Kier alpha value is -3.91. The highest BCUT2D eigenvalue weighted by Crippen LogP contribution is 2.11. The second-order valence-corrected chi connectivity index (χ2v) is 13.9. The van der Waals surface area contributed by atoms with E-state index in [2.05, 4.69) is 42.5 Å². The molecule has 0 radical (unpaired) electrons. The molecule has 0 aromatic rings. The number of rotatable bonds is 12. The van der Waals surface area contributed by atoms with Crippen LogP contribution in [0.5, 0.6) is 0 Å². The maximum Gasteiger partial charge on any atom is 0.245 e. The molecule has 7 amide bonds. The first-order valence-electron chi connectivity index (χ1n) is 18.0. The standard InChI is InChI=1S/C33H63N11O8/c1-17(2)15-24-31(50)41-21(7-11-34)28(47)40-23(9-13-36)30(49)44-26(19(5)45)33(52)38-14-10-20(37-6)27(46)39-22(8-12-35)29(48)42-25(16-18(3)4)32(51)43-24/h17-26,37,45H,7-16,34-36H2,1-6H3,(H,38,52)(H,39,46)(H,40,47)(H,41,50)(H,42,48)(H,43,51)(H,44,49). The largest absolute Gasteiger partial charge is 0.391 e. The van der Waals surface area contributed by atoms with Crippen molar-refractivity contribution in [2.24, 2.45) is 29.0 Å². The molecule has 1 saturated heterocycles. The van der Waals surface area contributed by atoms with Crippen molar-refractivity contribution >= 4 is 41.4 Å². The van der Waals surface area contributed by atoms with Gasteiger partial charge < -0.3 is 64.8 Å². The van der Waals surface area contributed by atoms with Crippen molar-refractivity contribution < 1.29 is 38.7 Å². The topological polar surface area (TPSA) is 314 Å². The summed E-state index contributed by atoms with van der Waals surface area (Å²) >= 11 is 0. The van der Waals surface area contributed by atoms with Crippen molar-refractivity contribution in [3.05, 3.63) is 0 Å². The average molecular weight is 742 g/mol. The van der Waals surface area contributed by atoms with Crippen molar-refractivity contribution in [2.75, 3.05) is 33.2 Å². The monoisotopic (exact) mass is 741 g/mol. The van der Waals surface area contributed by atoms with Gasteiger partial charge in [-0.3, -0.25) is 33.6 Å². The summed E-state index contributed by atoms with van der Waals surface area (Å²) in [6, 6.07) is -8.14. The van der Waals surface area contributed by atoms with Crippen LogP contribution in [0.15, 0.2) is 0 Å². The summed E-state index contributed by atoms with van der Waals surface area (Å²) in [6.45, 7) is 8.61. The fraction of sp³-hybridized carbons (Fsp3) is 0.788. The molecule has 1 aliphatic heterocycles. The number of carbonyl (C=O) groups excluding carboxylic acids is 7. The highest BCUT2D eigenvalue weighted by atomic mass is 16.3. The van der Waals surface area contributed by atoms with Crippen molar-refractivity contribution in [3.63, 3.8) is 0 Å². The fourth-order valence-corrected chi connectivity index (χ4v) is 5.59. The Kier molecular flexibility index (Phi) is 20.9. The molecule has 1 aliphatic rings. The van der Waals surface area contributed by atoms with Crippen LogP contribution < -0.4 is 59.7 Å². The van der Waals surface area contributed by atoms with E-state index < -0.39 is 89.7 Å². The van der Waals surface area contributed by atoms with Crippen LogP contribution >= 0.6 is 0 Å². The zero-order chi connectivity index (χ0) is 39.5. The van der Waals surface area contributed by atoms with Gasteiger partial charge in [-0.05, 0) is 84.0 Å². The van der Waals surface area contributed by atoms with Crippen molar-refractivity contribution in [1.29, 1.82) is 0 Å². The zero-order valence-electron chi connectivity index (χ0n) is 31.4. The fourth-order valence-electron chi connectivity index (χ4n) is 5.59. The van der Waals surface area contributed by atoms with Crippen molar-refractivity contribution in [3.8, 4) is 0 Å².